The zero-order valence-corrected chi connectivity index (χ0v) is 12.3. The highest BCUT2D eigenvalue weighted by Crippen LogP contribution is 1.98. The van der Waals surface area contributed by atoms with Crippen LogP contribution in [-0.2, 0) is 4.79 Å². The van der Waals surface area contributed by atoms with Crippen molar-refractivity contribution in [1.29, 1.82) is 0 Å². The molecular formula is C13H28N4O. The van der Waals surface area contributed by atoms with E-state index in [-0.39, 0.29) is 5.91 Å². The molecule has 1 aliphatic heterocycles. The number of piperazine rings is 1. The number of rotatable bonds is 6. The van der Waals surface area contributed by atoms with Crippen LogP contribution in [0.4, 0.5) is 0 Å². The van der Waals surface area contributed by atoms with Gasteiger partial charge in [-0.3, -0.25) is 4.79 Å². The summed E-state index contributed by atoms with van der Waals surface area (Å²) in [6, 6.07) is 0.556. The second kappa shape index (κ2) is 7.71. The van der Waals surface area contributed by atoms with Crippen molar-refractivity contribution >= 4 is 5.91 Å². The topological polar surface area (TPSA) is 38.8 Å². The lowest BCUT2D eigenvalue weighted by molar-refractivity contribution is -0.131. The normalized spacial score (nSPS) is 17.8. The second-order valence-electron chi connectivity index (χ2n) is 5.44. The summed E-state index contributed by atoms with van der Waals surface area (Å²) in [5.41, 5.74) is 0. The molecule has 106 valence electrons. The smallest absolute Gasteiger partial charge is 0.236 e. The molecular weight excluding hydrogens is 228 g/mol. The standard InChI is InChI=1S/C13H28N4O/c1-12(2)16(4)6-5-14-11-13(18)17-9-7-15(3)8-10-17/h12,14H,5-11H2,1-4H3. The number of nitrogens with one attached hydrogen (secondary N) is 1. The van der Waals surface area contributed by atoms with E-state index in [1.165, 1.54) is 0 Å². The number of nitrogens with zero attached hydrogens (tertiary/aromatic N) is 3. The molecule has 0 aromatic rings. The Kier molecular flexibility index (Phi) is 6.60. The van der Waals surface area contributed by atoms with E-state index in [0.717, 1.165) is 39.3 Å². The maximum Gasteiger partial charge on any atom is 0.236 e. The highest BCUT2D eigenvalue weighted by atomic mass is 16.2. The molecule has 0 bridgehead atoms. The minimum Gasteiger partial charge on any atom is -0.339 e. The van der Waals surface area contributed by atoms with Crippen LogP contribution in [0.25, 0.3) is 0 Å². The molecule has 0 atom stereocenters. The summed E-state index contributed by atoms with van der Waals surface area (Å²) in [5.74, 6) is 0.232. The number of hydrogen-bond donors (Lipinski definition) is 1. The number of carbonyl (C=O) groups is 1. The van der Waals surface area contributed by atoms with Gasteiger partial charge in [-0.05, 0) is 27.9 Å². The van der Waals surface area contributed by atoms with Crippen LogP contribution >= 0.6 is 0 Å². The molecule has 0 unspecified atom stereocenters. The first-order valence-electron chi connectivity index (χ1n) is 6.88. The Morgan fingerprint density at radius 3 is 2.44 bits per heavy atom. The van der Waals surface area contributed by atoms with Gasteiger partial charge in [0.15, 0.2) is 0 Å². The molecule has 1 rings (SSSR count). The lowest BCUT2D eigenvalue weighted by Crippen LogP contribution is -2.50. The Morgan fingerprint density at radius 1 is 1.28 bits per heavy atom. The molecule has 1 fully saturated rings. The van der Waals surface area contributed by atoms with Crippen molar-refractivity contribution in [2.24, 2.45) is 0 Å². The van der Waals surface area contributed by atoms with Gasteiger partial charge in [-0.25, -0.2) is 0 Å². The van der Waals surface area contributed by atoms with E-state index in [9.17, 15) is 4.79 Å². The third kappa shape index (κ3) is 5.33. The van der Waals surface area contributed by atoms with Crippen molar-refractivity contribution < 1.29 is 4.79 Å². The van der Waals surface area contributed by atoms with E-state index < -0.39 is 0 Å². The third-order valence-corrected chi connectivity index (χ3v) is 3.66. The number of hydrogen-bond acceptors (Lipinski definition) is 4. The fourth-order valence-corrected chi connectivity index (χ4v) is 1.88. The van der Waals surface area contributed by atoms with E-state index in [1.54, 1.807) is 0 Å². The average molecular weight is 256 g/mol. The number of likely N-dealkylation sites (N-methyl/N-ethyl adjacent to an activating group) is 2. The van der Waals surface area contributed by atoms with Gasteiger partial charge < -0.3 is 20.0 Å². The third-order valence-electron chi connectivity index (χ3n) is 3.66. The van der Waals surface area contributed by atoms with Crippen LogP contribution in [0, 0.1) is 0 Å². The fraction of sp³-hybridized carbons (Fsp3) is 0.923. The van der Waals surface area contributed by atoms with Crippen LogP contribution in [-0.4, -0.2) is 86.6 Å². The molecule has 1 saturated heterocycles. The van der Waals surface area contributed by atoms with E-state index in [2.05, 4.69) is 43.1 Å². The average Bonchev–Trinajstić information content (AvgIpc) is 2.34. The SMILES string of the molecule is CC(C)N(C)CCNCC(=O)N1CCN(C)CC1. The Bertz CT molecular complexity index is 249. The first-order chi connectivity index (χ1) is 8.50. The molecule has 0 aliphatic carbocycles. The van der Waals surface area contributed by atoms with Crippen molar-refractivity contribution in [2.45, 2.75) is 19.9 Å². The maximum absolute atomic E-state index is 11.9. The van der Waals surface area contributed by atoms with Gasteiger partial charge in [0.25, 0.3) is 0 Å². The van der Waals surface area contributed by atoms with E-state index in [4.69, 9.17) is 0 Å². The summed E-state index contributed by atoms with van der Waals surface area (Å²) >= 11 is 0. The summed E-state index contributed by atoms with van der Waals surface area (Å²) in [6.07, 6.45) is 0. The van der Waals surface area contributed by atoms with Gasteiger partial charge in [-0.1, -0.05) is 0 Å². The molecule has 1 heterocycles. The van der Waals surface area contributed by atoms with Crippen LogP contribution < -0.4 is 5.32 Å². The lowest BCUT2D eigenvalue weighted by Gasteiger charge is -2.32. The van der Waals surface area contributed by atoms with E-state index in [0.29, 0.717) is 12.6 Å². The summed E-state index contributed by atoms with van der Waals surface area (Å²) in [7, 11) is 4.20. The molecule has 1 amide bonds. The van der Waals surface area contributed by atoms with Gasteiger partial charge >= 0.3 is 0 Å². The number of carbonyl (C=O) groups excluding carboxylic acids is 1. The summed E-state index contributed by atoms with van der Waals surface area (Å²) < 4.78 is 0. The molecule has 18 heavy (non-hydrogen) atoms. The highest BCUT2D eigenvalue weighted by molar-refractivity contribution is 5.78. The predicted molar refractivity (Wildman–Crippen MR) is 74.7 cm³/mol. The zero-order valence-electron chi connectivity index (χ0n) is 12.3. The van der Waals surface area contributed by atoms with Crippen molar-refractivity contribution in [1.82, 2.24) is 20.0 Å². The Labute approximate surface area is 111 Å². The fourth-order valence-electron chi connectivity index (χ4n) is 1.88. The minimum absolute atomic E-state index is 0.232. The second-order valence-corrected chi connectivity index (χ2v) is 5.44. The molecule has 0 aromatic carbocycles. The van der Waals surface area contributed by atoms with Gasteiger partial charge in [0, 0.05) is 45.3 Å². The van der Waals surface area contributed by atoms with Crippen LogP contribution in [0.1, 0.15) is 13.8 Å². The first-order valence-corrected chi connectivity index (χ1v) is 6.88. The maximum atomic E-state index is 11.9. The predicted octanol–water partition coefficient (Wildman–Crippen LogP) is -0.310. The van der Waals surface area contributed by atoms with Crippen LogP contribution in [0.5, 0.6) is 0 Å². The summed E-state index contributed by atoms with van der Waals surface area (Å²) in [6.45, 7) is 10.4. The van der Waals surface area contributed by atoms with Crippen LogP contribution in [0.3, 0.4) is 0 Å². The molecule has 1 aliphatic rings. The molecule has 1 N–H and O–H groups in total. The summed E-state index contributed by atoms with van der Waals surface area (Å²) in [5, 5.41) is 3.23. The molecule has 0 saturated carbocycles. The quantitative estimate of drug-likeness (QED) is 0.662. The molecule has 0 spiro atoms. The van der Waals surface area contributed by atoms with E-state index >= 15 is 0 Å². The monoisotopic (exact) mass is 256 g/mol. The van der Waals surface area contributed by atoms with E-state index in [1.807, 2.05) is 4.90 Å². The molecule has 0 aromatic heterocycles. The lowest BCUT2D eigenvalue weighted by atomic mass is 10.3. The Balaban J connectivity index is 2.10. The zero-order chi connectivity index (χ0) is 13.5. The van der Waals surface area contributed by atoms with Crippen molar-refractivity contribution in [3.8, 4) is 0 Å². The van der Waals surface area contributed by atoms with Gasteiger partial charge in [0.05, 0.1) is 6.54 Å². The summed E-state index contributed by atoms with van der Waals surface area (Å²) in [4.78, 5) is 18.4. The largest absolute Gasteiger partial charge is 0.339 e. The van der Waals surface area contributed by atoms with Gasteiger partial charge in [-0.15, -0.1) is 0 Å². The molecule has 5 nitrogen and oxygen atoms in total. The first kappa shape index (κ1) is 15.4. The van der Waals surface area contributed by atoms with Crippen molar-refractivity contribution in [3.63, 3.8) is 0 Å². The minimum atomic E-state index is 0.232. The molecule has 5 heteroatoms. The molecule has 0 radical (unpaired) electrons. The van der Waals surface area contributed by atoms with Gasteiger partial charge in [0.1, 0.15) is 0 Å². The van der Waals surface area contributed by atoms with Gasteiger partial charge in [-0.2, -0.15) is 0 Å². The van der Waals surface area contributed by atoms with Crippen molar-refractivity contribution in [2.75, 3.05) is 59.9 Å². The number of amides is 1. The van der Waals surface area contributed by atoms with Crippen LogP contribution in [0.2, 0.25) is 0 Å². The van der Waals surface area contributed by atoms with Crippen molar-refractivity contribution in [3.05, 3.63) is 0 Å². The van der Waals surface area contributed by atoms with Crippen LogP contribution in [0.15, 0.2) is 0 Å². The Hall–Kier alpha value is -0.650. The highest BCUT2D eigenvalue weighted by Gasteiger charge is 2.18. The van der Waals surface area contributed by atoms with Gasteiger partial charge in [0.2, 0.25) is 5.91 Å². The Morgan fingerprint density at radius 2 is 1.89 bits per heavy atom.